The van der Waals surface area contributed by atoms with Crippen LogP contribution in [0, 0.1) is 6.92 Å². The number of carbonyl (C=O) groups is 1. The van der Waals surface area contributed by atoms with E-state index in [1.54, 1.807) is 0 Å². The topological polar surface area (TPSA) is 117 Å². The lowest BCUT2D eigenvalue weighted by Crippen LogP contribution is -2.55. The summed E-state index contributed by atoms with van der Waals surface area (Å²) in [6.45, 7) is 11.0. The fourth-order valence-electron chi connectivity index (χ4n) is 6.76. The zero-order valence-electron chi connectivity index (χ0n) is 27.2. The number of nitrogens with zero attached hydrogens (tertiary/aromatic N) is 6. The molecule has 3 aromatic heterocycles. The Morgan fingerprint density at radius 1 is 1.06 bits per heavy atom. The number of hydrogen-bond donors (Lipinski definition) is 2. The molecule has 47 heavy (non-hydrogen) atoms. The summed E-state index contributed by atoms with van der Waals surface area (Å²) in [4.78, 5) is 27.7. The molecule has 12 heteroatoms. The summed E-state index contributed by atoms with van der Waals surface area (Å²) < 4.78 is 8.90. The maximum Gasteiger partial charge on any atom is 0.337 e. The van der Waals surface area contributed by atoms with Crippen molar-refractivity contribution in [2.24, 2.45) is 7.05 Å². The van der Waals surface area contributed by atoms with Gasteiger partial charge in [-0.1, -0.05) is 23.7 Å². The summed E-state index contributed by atoms with van der Waals surface area (Å²) in [6.07, 6.45) is 0.385. The normalized spacial score (nSPS) is 19.8. The number of hydrogen-bond acceptors (Lipinski definition) is 9. The molecule has 5 aromatic rings. The Bertz CT molecular complexity index is 1970. The van der Waals surface area contributed by atoms with Gasteiger partial charge in [0.25, 0.3) is 0 Å². The number of fused-ring (bicyclic) bond motifs is 2. The summed E-state index contributed by atoms with van der Waals surface area (Å²) in [5.74, 6) is -0.188. The van der Waals surface area contributed by atoms with Gasteiger partial charge in [0.15, 0.2) is 11.9 Å². The van der Waals surface area contributed by atoms with Crippen molar-refractivity contribution in [2.75, 3.05) is 31.1 Å². The van der Waals surface area contributed by atoms with Gasteiger partial charge in [0.1, 0.15) is 10.5 Å². The van der Waals surface area contributed by atoms with Gasteiger partial charge in [0, 0.05) is 55.4 Å². The number of thiazole rings is 1. The van der Waals surface area contributed by atoms with Crippen LogP contribution in [0.5, 0.6) is 0 Å². The van der Waals surface area contributed by atoms with Crippen LogP contribution in [-0.2, 0) is 16.6 Å². The second kappa shape index (κ2) is 12.1. The average molecular weight is 675 g/mol. The molecule has 1 aliphatic carbocycles. The number of anilines is 1. The van der Waals surface area contributed by atoms with Crippen LogP contribution in [0.25, 0.3) is 43.1 Å². The monoisotopic (exact) mass is 674 g/mol. The number of aromatic nitrogens is 4. The largest absolute Gasteiger partial charge is 0.479 e. The van der Waals surface area contributed by atoms with E-state index in [1.807, 2.05) is 81.9 Å². The van der Waals surface area contributed by atoms with Crippen molar-refractivity contribution in [2.45, 2.75) is 64.4 Å². The Morgan fingerprint density at radius 2 is 1.77 bits per heavy atom. The second-order valence-corrected chi connectivity index (χ2v) is 15.1. The maximum atomic E-state index is 12.7. The van der Waals surface area contributed by atoms with Crippen molar-refractivity contribution in [1.82, 2.24) is 24.6 Å². The summed E-state index contributed by atoms with van der Waals surface area (Å²) in [6, 6.07) is 13.9. The molecular formula is C35H39ClN6O4S. The highest BCUT2D eigenvalue weighted by Crippen LogP contribution is 2.44. The lowest BCUT2D eigenvalue weighted by atomic mass is 9.88. The van der Waals surface area contributed by atoms with Gasteiger partial charge in [0.2, 0.25) is 0 Å². The molecule has 4 heterocycles. The molecule has 7 rings (SSSR count). The van der Waals surface area contributed by atoms with E-state index >= 15 is 0 Å². The van der Waals surface area contributed by atoms with Crippen molar-refractivity contribution in [3.8, 4) is 21.8 Å². The standard InChI is InChI=1S/C35H39ClN6O4S/c1-19-16-25-31(28(20-6-8-21(36)9-7-20)27(19)30(34(44)45)46-35(2,3)4)47-33(38-25)24-10-11-26-29(37-24)32(39-40(26)5)42-14-12-41(13-15-42)22-17-23(43)18-22/h6-11,16,22-23,30,43H,12-15,17-18H2,1-5H3,(H,44,45)/t22?,23?,30-/m0/s1. The summed E-state index contributed by atoms with van der Waals surface area (Å²) >= 11 is 7.76. The third-order valence-corrected chi connectivity index (χ3v) is 10.5. The molecule has 0 radical (unpaired) electrons. The molecule has 0 bridgehead atoms. The van der Waals surface area contributed by atoms with Gasteiger partial charge in [-0.2, -0.15) is 5.10 Å². The first kappa shape index (κ1) is 32.0. The van der Waals surface area contributed by atoms with E-state index in [-0.39, 0.29) is 6.10 Å². The van der Waals surface area contributed by atoms with E-state index in [1.165, 1.54) is 11.3 Å². The minimum Gasteiger partial charge on any atom is -0.479 e. The molecule has 0 unspecified atom stereocenters. The second-order valence-electron chi connectivity index (χ2n) is 13.6. The smallest absolute Gasteiger partial charge is 0.337 e. The van der Waals surface area contributed by atoms with Crippen LogP contribution in [-0.4, -0.2) is 84.8 Å². The first-order chi connectivity index (χ1) is 22.4. The van der Waals surface area contributed by atoms with E-state index < -0.39 is 17.7 Å². The molecule has 1 atom stereocenters. The van der Waals surface area contributed by atoms with Gasteiger partial charge in [-0.15, -0.1) is 11.3 Å². The number of benzene rings is 2. The highest BCUT2D eigenvalue weighted by Gasteiger charge is 2.35. The third-order valence-electron chi connectivity index (χ3n) is 9.14. The molecule has 246 valence electrons. The van der Waals surface area contributed by atoms with Crippen molar-refractivity contribution >= 4 is 56.0 Å². The van der Waals surface area contributed by atoms with Gasteiger partial charge < -0.3 is 19.8 Å². The molecule has 10 nitrogen and oxygen atoms in total. The molecule has 1 saturated carbocycles. The number of ether oxygens (including phenoxy) is 1. The number of aliphatic hydroxyl groups excluding tert-OH is 1. The lowest BCUT2D eigenvalue weighted by Gasteiger charge is -2.44. The lowest BCUT2D eigenvalue weighted by molar-refractivity contribution is -0.160. The quantitative estimate of drug-likeness (QED) is 0.201. The Labute approximate surface area is 282 Å². The third kappa shape index (κ3) is 6.11. The van der Waals surface area contributed by atoms with Crippen LogP contribution < -0.4 is 4.90 Å². The van der Waals surface area contributed by atoms with E-state index in [4.69, 9.17) is 31.4 Å². The van der Waals surface area contributed by atoms with Gasteiger partial charge in [-0.3, -0.25) is 9.58 Å². The van der Waals surface area contributed by atoms with E-state index in [2.05, 4.69) is 9.80 Å². The van der Waals surface area contributed by atoms with Crippen LogP contribution in [0.15, 0.2) is 42.5 Å². The van der Waals surface area contributed by atoms with Crippen molar-refractivity contribution < 1.29 is 19.7 Å². The predicted molar refractivity (Wildman–Crippen MR) is 186 cm³/mol. The number of carboxylic acid groups (broad SMARTS) is 1. The van der Waals surface area contributed by atoms with Crippen molar-refractivity contribution in [3.63, 3.8) is 0 Å². The average Bonchev–Trinajstić information content (AvgIpc) is 3.58. The highest BCUT2D eigenvalue weighted by atomic mass is 35.5. The van der Waals surface area contributed by atoms with Crippen LogP contribution in [0.1, 0.15) is 50.8 Å². The Balaban J connectivity index is 1.31. The van der Waals surface area contributed by atoms with E-state index in [0.29, 0.717) is 16.6 Å². The fraction of sp³-hybridized carbons (Fsp3) is 0.429. The number of aliphatic hydroxyl groups is 1. The molecule has 1 saturated heterocycles. The molecule has 2 fully saturated rings. The summed E-state index contributed by atoms with van der Waals surface area (Å²) in [5.41, 5.74) is 5.58. The first-order valence-electron chi connectivity index (χ1n) is 16.0. The molecule has 2 aromatic carbocycles. The van der Waals surface area contributed by atoms with Crippen LogP contribution in [0.2, 0.25) is 5.02 Å². The van der Waals surface area contributed by atoms with Gasteiger partial charge >= 0.3 is 5.97 Å². The molecule has 2 aliphatic rings. The van der Waals surface area contributed by atoms with Crippen LogP contribution >= 0.6 is 22.9 Å². The highest BCUT2D eigenvalue weighted by molar-refractivity contribution is 7.22. The van der Waals surface area contributed by atoms with E-state index in [0.717, 1.165) is 93.5 Å². The number of carboxylic acids is 1. The zero-order valence-corrected chi connectivity index (χ0v) is 28.8. The summed E-state index contributed by atoms with van der Waals surface area (Å²) in [5, 5.41) is 26.4. The minimum absolute atomic E-state index is 0.156. The van der Waals surface area contributed by atoms with Crippen LogP contribution in [0.3, 0.4) is 0 Å². The summed E-state index contributed by atoms with van der Waals surface area (Å²) in [7, 11) is 1.94. The van der Waals surface area contributed by atoms with Crippen molar-refractivity contribution in [1.29, 1.82) is 0 Å². The number of aliphatic carboxylic acids is 1. The van der Waals surface area contributed by atoms with Crippen molar-refractivity contribution in [3.05, 3.63) is 58.6 Å². The molecule has 0 spiro atoms. The molecule has 0 amide bonds. The fourth-order valence-corrected chi connectivity index (χ4v) is 7.98. The first-order valence-corrected chi connectivity index (χ1v) is 17.2. The molecular weight excluding hydrogens is 636 g/mol. The molecule has 1 aliphatic heterocycles. The van der Waals surface area contributed by atoms with E-state index in [9.17, 15) is 15.0 Å². The molecule has 2 N–H and O–H groups in total. The van der Waals surface area contributed by atoms with Gasteiger partial charge in [0.05, 0.1) is 33.1 Å². The maximum absolute atomic E-state index is 12.7. The predicted octanol–water partition coefficient (Wildman–Crippen LogP) is 6.46. The number of rotatable bonds is 7. The SMILES string of the molecule is Cc1cc2nc(-c3ccc4c(n3)c(N3CCN(C5CC(O)C5)CC3)nn4C)sc2c(-c2ccc(Cl)cc2)c1[C@H](OC(C)(C)C)C(=O)O. The Morgan fingerprint density at radius 3 is 2.40 bits per heavy atom. The van der Waals surface area contributed by atoms with Crippen LogP contribution in [0.4, 0.5) is 5.82 Å². The van der Waals surface area contributed by atoms with Gasteiger partial charge in [-0.25, -0.2) is 14.8 Å². The van der Waals surface area contributed by atoms with Gasteiger partial charge in [-0.05, 0) is 82.0 Å². The minimum atomic E-state index is -1.18. The Hall–Kier alpha value is -3.61. The number of halogens is 1. The number of pyridine rings is 1. The zero-order chi connectivity index (χ0) is 33.2. The number of aryl methyl sites for hydroxylation is 2. The number of piperazine rings is 1. The Kier molecular flexibility index (Phi) is 8.25.